The van der Waals surface area contributed by atoms with Crippen LogP contribution in [0, 0.1) is 15.9 Å². The normalized spacial score (nSPS) is 11.2. The van der Waals surface area contributed by atoms with Gasteiger partial charge in [0.05, 0.1) is 9.82 Å². The third kappa shape index (κ3) is 2.32. The predicted molar refractivity (Wildman–Crippen MR) is 64.9 cm³/mol. The van der Waals surface area contributed by atoms with Crippen LogP contribution in [-0.4, -0.2) is 13.3 Å². The second-order valence-electron chi connectivity index (χ2n) is 3.66. The molecule has 0 saturated carbocycles. The quantitative estimate of drug-likeness (QED) is 0.640. The molecule has 0 amide bonds. The van der Waals surface area contributed by atoms with E-state index >= 15 is 0 Å². The SMILES string of the molecule is O=[N+]([O-])c1c(F)cccc1S(=O)(=O)c1ccccc1. The number of nitrogens with zero attached hydrogens (tertiary/aromatic N) is 1. The van der Waals surface area contributed by atoms with Gasteiger partial charge in [-0.05, 0) is 24.3 Å². The summed E-state index contributed by atoms with van der Waals surface area (Å²) in [5, 5.41) is 10.8. The van der Waals surface area contributed by atoms with Crippen LogP contribution < -0.4 is 0 Å². The molecular weight excluding hydrogens is 273 g/mol. The molecule has 0 N–H and O–H groups in total. The van der Waals surface area contributed by atoms with Gasteiger partial charge in [0.25, 0.3) is 0 Å². The smallest absolute Gasteiger partial charge is 0.258 e. The van der Waals surface area contributed by atoms with Crippen LogP contribution in [0.1, 0.15) is 0 Å². The van der Waals surface area contributed by atoms with Crippen LogP contribution in [0.25, 0.3) is 0 Å². The summed E-state index contributed by atoms with van der Waals surface area (Å²) < 4.78 is 37.9. The van der Waals surface area contributed by atoms with Gasteiger partial charge in [-0.2, -0.15) is 4.39 Å². The van der Waals surface area contributed by atoms with E-state index in [-0.39, 0.29) is 4.90 Å². The average Bonchev–Trinajstić information content (AvgIpc) is 2.39. The molecule has 2 aromatic carbocycles. The van der Waals surface area contributed by atoms with Crippen molar-refractivity contribution in [2.45, 2.75) is 9.79 Å². The van der Waals surface area contributed by atoms with Crippen LogP contribution >= 0.6 is 0 Å². The van der Waals surface area contributed by atoms with Gasteiger partial charge < -0.3 is 0 Å². The first-order valence-electron chi connectivity index (χ1n) is 5.17. The minimum absolute atomic E-state index is 0.122. The topological polar surface area (TPSA) is 77.3 Å². The maximum atomic E-state index is 13.4. The third-order valence-corrected chi connectivity index (χ3v) is 4.28. The van der Waals surface area contributed by atoms with Crippen molar-refractivity contribution in [2.24, 2.45) is 0 Å². The highest BCUT2D eigenvalue weighted by molar-refractivity contribution is 7.91. The molecule has 0 bridgehead atoms. The van der Waals surface area contributed by atoms with Crippen LogP contribution in [-0.2, 0) is 9.84 Å². The zero-order chi connectivity index (χ0) is 14.0. The number of nitro benzene ring substituents is 1. The van der Waals surface area contributed by atoms with Gasteiger partial charge in [0, 0.05) is 0 Å². The summed E-state index contributed by atoms with van der Waals surface area (Å²) in [4.78, 5) is 9.01. The second kappa shape index (κ2) is 4.77. The van der Waals surface area contributed by atoms with E-state index in [1.165, 1.54) is 24.3 Å². The predicted octanol–water partition coefficient (Wildman–Crippen LogP) is 2.57. The van der Waals surface area contributed by atoms with Crippen molar-refractivity contribution in [1.29, 1.82) is 0 Å². The van der Waals surface area contributed by atoms with E-state index in [1.54, 1.807) is 6.07 Å². The first kappa shape index (κ1) is 13.2. The number of rotatable bonds is 3. The molecule has 7 heteroatoms. The summed E-state index contributed by atoms with van der Waals surface area (Å²) in [6.45, 7) is 0. The molecule has 0 spiro atoms. The van der Waals surface area contributed by atoms with E-state index in [9.17, 15) is 22.9 Å². The van der Waals surface area contributed by atoms with E-state index in [0.717, 1.165) is 18.2 Å². The van der Waals surface area contributed by atoms with Gasteiger partial charge in [-0.15, -0.1) is 0 Å². The van der Waals surface area contributed by atoms with E-state index in [4.69, 9.17) is 0 Å². The van der Waals surface area contributed by atoms with Crippen molar-refractivity contribution in [1.82, 2.24) is 0 Å². The minimum atomic E-state index is -4.12. The number of para-hydroxylation sites is 1. The molecule has 2 aromatic rings. The highest BCUT2D eigenvalue weighted by atomic mass is 32.2. The summed E-state index contributed by atoms with van der Waals surface area (Å²) in [5.74, 6) is -1.18. The number of nitro groups is 1. The molecule has 0 radical (unpaired) electrons. The zero-order valence-electron chi connectivity index (χ0n) is 9.49. The lowest BCUT2D eigenvalue weighted by molar-refractivity contribution is -0.390. The Kier molecular flexibility index (Phi) is 3.30. The monoisotopic (exact) mass is 281 g/mol. The molecule has 0 aliphatic rings. The first-order chi connectivity index (χ1) is 8.94. The summed E-state index contributed by atoms with van der Waals surface area (Å²) in [6, 6.07) is 10.2. The number of halogens is 1. The van der Waals surface area contributed by atoms with Crippen molar-refractivity contribution in [3.8, 4) is 0 Å². The highest BCUT2D eigenvalue weighted by Gasteiger charge is 2.30. The standard InChI is InChI=1S/C12H8FNO4S/c13-10-7-4-8-11(12(10)14(15)16)19(17,18)9-5-2-1-3-6-9/h1-8H. The Morgan fingerprint density at radius 2 is 1.63 bits per heavy atom. The van der Waals surface area contributed by atoms with E-state index in [0.29, 0.717) is 0 Å². The molecule has 0 heterocycles. The lowest BCUT2D eigenvalue weighted by Gasteiger charge is -2.05. The van der Waals surface area contributed by atoms with Gasteiger partial charge in [-0.1, -0.05) is 24.3 Å². The molecule has 0 atom stereocenters. The molecule has 0 aliphatic carbocycles. The molecule has 5 nitrogen and oxygen atoms in total. The first-order valence-corrected chi connectivity index (χ1v) is 6.66. The Balaban J connectivity index is 2.73. The molecular formula is C12H8FNO4S. The van der Waals surface area contributed by atoms with Crippen molar-refractivity contribution >= 4 is 15.5 Å². The van der Waals surface area contributed by atoms with Gasteiger partial charge in [0.15, 0.2) is 4.90 Å². The maximum absolute atomic E-state index is 13.4. The average molecular weight is 281 g/mol. The van der Waals surface area contributed by atoms with Crippen molar-refractivity contribution in [2.75, 3.05) is 0 Å². The van der Waals surface area contributed by atoms with Gasteiger partial charge in [-0.25, -0.2) is 8.42 Å². The van der Waals surface area contributed by atoms with Crippen LogP contribution in [0.2, 0.25) is 0 Å². The molecule has 0 saturated heterocycles. The number of hydrogen-bond acceptors (Lipinski definition) is 4. The van der Waals surface area contributed by atoms with Crippen molar-refractivity contribution < 1.29 is 17.7 Å². The molecule has 98 valence electrons. The lowest BCUT2D eigenvalue weighted by atomic mass is 10.3. The van der Waals surface area contributed by atoms with Crippen molar-refractivity contribution in [3.05, 3.63) is 64.5 Å². The van der Waals surface area contributed by atoms with E-state index in [1.807, 2.05) is 0 Å². The molecule has 0 aliphatic heterocycles. The number of benzene rings is 2. The van der Waals surface area contributed by atoms with Crippen LogP contribution in [0.4, 0.5) is 10.1 Å². The van der Waals surface area contributed by atoms with Gasteiger partial charge in [0.1, 0.15) is 0 Å². The molecule has 2 rings (SSSR count). The second-order valence-corrected chi connectivity index (χ2v) is 5.58. The zero-order valence-corrected chi connectivity index (χ0v) is 10.3. The van der Waals surface area contributed by atoms with E-state index < -0.39 is 31.2 Å². The summed E-state index contributed by atoms with van der Waals surface area (Å²) >= 11 is 0. The van der Waals surface area contributed by atoms with Crippen LogP contribution in [0.3, 0.4) is 0 Å². The Bertz CT molecular complexity index is 729. The molecule has 0 aromatic heterocycles. The van der Waals surface area contributed by atoms with Gasteiger partial charge >= 0.3 is 5.69 Å². The van der Waals surface area contributed by atoms with Gasteiger partial charge in [-0.3, -0.25) is 10.1 Å². The van der Waals surface area contributed by atoms with E-state index in [2.05, 4.69) is 0 Å². The number of sulfone groups is 1. The number of hydrogen-bond donors (Lipinski definition) is 0. The van der Waals surface area contributed by atoms with Crippen LogP contribution in [0.5, 0.6) is 0 Å². The highest BCUT2D eigenvalue weighted by Crippen LogP contribution is 2.31. The summed E-state index contributed by atoms with van der Waals surface area (Å²) in [5.41, 5.74) is -1.04. The fourth-order valence-corrected chi connectivity index (χ4v) is 3.07. The maximum Gasteiger partial charge on any atom is 0.323 e. The Morgan fingerprint density at radius 1 is 1.00 bits per heavy atom. The largest absolute Gasteiger partial charge is 0.323 e. The third-order valence-electron chi connectivity index (χ3n) is 2.48. The molecule has 0 unspecified atom stereocenters. The molecule has 0 fully saturated rings. The van der Waals surface area contributed by atoms with Gasteiger partial charge in [0.2, 0.25) is 15.7 Å². The molecule has 19 heavy (non-hydrogen) atoms. The lowest BCUT2D eigenvalue weighted by Crippen LogP contribution is -2.07. The summed E-state index contributed by atoms with van der Waals surface area (Å²) in [7, 11) is -4.12. The fourth-order valence-electron chi connectivity index (χ4n) is 1.62. The minimum Gasteiger partial charge on any atom is -0.258 e. The Morgan fingerprint density at radius 3 is 2.21 bits per heavy atom. The Hall–Kier alpha value is -2.28. The Labute approximate surface area is 108 Å². The fraction of sp³-hybridized carbons (Fsp3) is 0. The summed E-state index contributed by atoms with van der Waals surface area (Å²) in [6.07, 6.45) is 0. The van der Waals surface area contributed by atoms with Crippen molar-refractivity contribution in [3.63, 3.8) is 0 Å². The van der Waals surface area contributed by atoms with Crippen LogP contribution in [0.15, 0.2) is 58.3 Å².